The zero-order valence-electron chi connectivity index (χ0n) is 9.89. The molecule has 0 aliphatic rings. The summed E-state index contributed by atoms with van der Waals surface area (Å²) in [6.45, 7) is 13.0. The Morgan fingerprint density at radius 2 is 1.54 bits per heavy atom. The summed E-state index contributed by atoms with van der Waals surface area (Å²) in [5.41, 5.74) is 0. The van der Waals surface area contributed by atoms with Gasteiger partial charge in [0.15, 0.2) is 9.04 Å². The van der Waals surface area contributed by atoms with Crippen LogP contribution in [0.25, 0.3) is 0 Å². The van der Waals surface area contributed by atoms with E-state index in [0.717, 1.165) is 0 Å². The number of hydrogen-bond donors (Lipinski definition) is 1. The van der Waals surface area contributed by atoms with Crippen molar-refractivity contribution in [1.82, 2.24) is 4.98 Å². The molecule has 0 aromatic heterocycles. The van der Waals surface area contributed by atoms with Crippen molar-refractivity contribution in [3.05, 3.63) is 0 Å². The van der Waals surface area contributed by atoms with E-state index < -0.39 is 26.1 Å². The van der Waals surface area contributed by atoms with E-state index in [4.69, 9.17) is 8.23 Å². The average Bonchev–Trinajstić information content (AvgIpc) is 1.81. The van der Waals surface area contributed by atoms with Crippen LogP contribution in [0.1, 0.15) is 0 Å². The third-order valence-electron chi connectivity index (χ3n) is 1.62. The molecule has 0 rings (SSSR count). The number of hydrogen-bond acceptors (Lipinski definition) is 3. The molecule has 0 aromatic carbocycles. The molecule has 0 amide bonds. The fourth-order valence-electron chi connectivity index (χ4n) is 1.26. The third-order valence-corrected chi connectivity index (χ3v) is 11.0. The fraction of sp³-hybridized carbons (Fsp3) is 1.00. The molecule has 0 saturated heterocycles. The van der Waals surface area contributed by atoms with Gasteiger partial charge in [0.1, 0.15) is 0 Å². The second-order valence-corrected chi connectivity index (χ2v) is 14.6. The molecule has 0 aromatic rings. The lowest BCUT2D eigenvalue weighted by molar-refractivity contribution is 0.396. The highest BCUT2D eigenvalue weighted by molar-refractivity contribution is 6.83. The Bertz CT molecular complexity index is 162. The lowest BCUT2D eigenvalue weighted by atomic mass is 11.6. The zero-order chi connectivity index (χ0) is 10.7. The van der Waals surface area contributed by atoms with Crippen LogP contribution in [0.15, 0.2) is 0 Å². The lowest BCUT2D eigenvalue weighted by Gasteiger charge is -2.34. The van der Waals surface area contributed by atoms with Gasteiger partial charge in [-0.2, -0.15) is 0 Å². The van der Waals surface area contributed by atoms with Crippen LogP contribution in [0.5, 0.6) is 0 Å². The van der Waals surface area contributed by atoms with E-state index in [2.05, 4.69) is 44.3 Å². The van der Waals surface area contributed by atoms with Crippen LogP contribution in [0.3, 0.4) is 0 Å². The first-order valence-corrected chi connectivity index (χ1v) is 13.3. The number of nitrogens with one attached hydrogen (secondary N) is 1. The average molecular weight is 238 g/mol. The summed E-state index contributed by atoms with van der Waals surface area (Å²) in [7, 11) is -2.54. The van der Waals surface area contributed by atoms with E-state index in [1.807, 2.05) is 7.05 Å². The van der Waals surface area contributed by atoms with Gasteiger partial charge in [-0.15, -0.1) is 0 Å². The van der Waals surface area contributed by atoms with E-state index in [0.29, 0.717) is 0 Å². The van der Waals surface area contributed by atoms with Crippen LogP contribution in [-0.2, 0) is 8.23 Å². The first-order valence-electron chi connectivity index (χ1n) is 4.75. The molecular formula is C7H23NO2Si3. The molecule has 0 aliphatic carbocycles. The molecule has 0 fully saturated rings. The van der Waals surface area contributed by atoms with Crippen LogP contribution < -0.4 is 4.98 Å². The Hall–Kier alpha value is 0.531. The second kappa shape index (κ2) is 4.85. The van der Waals surface area contributed by atoms with Crippen molar-refractivity contribution < 1.29 is 8.23 Å². The van der Waals surface area contributed by atoms with Crippen LogP contribution >= 0.6 is 0 Å². The van der Waals surface area contributed by atoms with Gasteiger partial charge in [0.2, 0.25) is 0 Å². The summed E-state index contributed by atoms with van der Waals surface area (Å²) in [4.78, 5) is 3.26. The van der Waals surface area contributed by atoms with Gasteiger partial charge < -0.3 is 13.2 Å². The van der Waals surface area contributed by atoms with Gasteiger partial charge in [-0.1, -0.05) is 0 Å². The molecular weight excluding hydrogens is 214 g/mol. The first kappa shape index (κ1) is 13.5. The molecule has 0 bridgehead atoms. The van der Waals surface area contributed by atoms with E-state index in [1.165, 1.54) is 0 Å². The Labute approximate surface area is 86.0 Å². The normalized spacial score (nSPS) is 13.8. The van der Waals surface area contributed by atoms with E-state index in [-0.39, 0.29) is 0 Å². The van der Waals surface area contributed by atoms with Gasteiger partial charge in [-0.25, -0.2) is 0 Å². The van der Waals surface area contributed by atoms with Crippen LogP contribution in [0, 0.1) is 0 Å². The van der Waals surface area contributed by atoms with E-state index in [9.17, 15) is 0 Å². The molecule has 3 nitrogen and oxygen atoms in total. The number of rotatable bonds is 5. The Morgan fingerprint density at radius 1 is 1.08 bits per heavy atom. The van der Waals surface area contributed by atoms with Gasteiger partial charge in [0.25, 0.3) is 8.48 Å². The summed E-state index contributed by atoms with van der Waals surface area (Å²) >= 11 is 0. The fourth-order valence-corrected chi connectivity index (χ4v) is 11.7. The minimum Gasteiger partial charge on any atom is -0.440 e. The minimum absolute atomic E-state index is 0.965. The smallest absolute Gasteiger partial charge is 0.311 e. The minimum atomic E-state index is -1.86. The van der Waals surface area contributed by atoms with Crippen molar-refractivity contribution in [1.29, 1.82) is 0 Å². The molecule has 0 aliphatic heterocycles. The zero-order valence-corrected chi connectivity index (χ0v) is 13.0. The maximum Gasteiger partial charge on any atom is 0.311 e. The van der Waals surface area contributed by atoms with E-state index in [1.54, 1.807) is 0 Å². The lowest BCUT2D eigenvalue weighted by Crippen LogP contribution is -2.55. The van der Waals surface area contributed by atoms with Crippen molar-refractivity contribution in [2.24, 2.45) is 0 Å². The molecule has 80 valence electrons. The summed E-state index contributed by atoms with van der Waals surface area (Å²) in [6.07, 6.45) is 0. The maximum absolute atomic E-state index is 6.06. The standard InChI is InChI=1S/C7H23NO2Si3/c1-8-12(4,5)10-13(6,7)9-11(2)3/h8,11H,1-7H3. The molecule has 6 heteroatoms. The van der Waals surface area contributed by atoms with Gasteiger partial charge in [0.05, 0.1) is 0 Å². The third kappa shape index (κ3) is 6.58. The molecule has 0 unspecified atom stereocenters. The largest absolute Gasteiger partial charge is 0.440 e. The molecule has 0 heterocycles. The van der Waals surface area contributed by atoms with Crippen molar-refractivity contribution in [2.75, 3.05) is 7.05 Å². The van der Waals surface area contributed by atoms with Crippen LogP contribution in [0.2, 0.25) is 39.3 Å². The first-order chi connectivity index (χ1) is 5.68. The molecule has 0 spiro atoms. The van der Waals surface area contributed by atoms with Crippen molar-refractivity contribution in [3.63, 3.8) is 0 Å². The highest BCUT2D eigenvalue weighted by atomic mass is 28.5. The molecule has 0 saturated carbocycles. The highest BCUT2D eigenvalue weighted by Crippen LogP contribution is 2.14. The van der Waals surface area contributed by atoms with Crippen molar-refractivity contribution in [3.8, 4) is 0 Å². The molecule has 13 heavy (non-hydrogen) atoms. The second-order valence-electron chi connectivity index (χ2n) is 4.43. The summed E-state index contributed by atoms with van der Waals surface area (Å²) in [5, 5.41) is 0. The topological polar surface area (TPSA) is 30.5 Å². The summed E-state index contributed by atoms with van der Waals surface area (Å²) in [5.74, 6) is 0. The van der Waals surface area contributed by atoms with Crippen LogP contribution in [-0.4, -0.2) is 33.1 Å². The predicted octanol–water partition coefficient (Wildman–Crippen LogP) is 1.63. The van der Waals surface area contributed by atoms with Gasteiger partial charge in [-0.3, -0.25) is 0 Å². The maximum atomic E-state index is 6.06. The Morgan fingerprint density at radius 3 is 1.85 bits per heavy atom. The van der Waals surface area contributed by atoms with Crippen molar-refractivity contribution in [2.45, 2.75) is 39.3 Å². The quantitative estimate of drug-likeness (QED) is 0.737. The molecule has 0 atom stereocenters. The van der Waals surface area contributed by atoms with Crippen LogP contribution in [0.4, 0.5) is 0 Å². The van der Waals surface area contributed by atoms with E-state index >= 15 is 0 Å². The SMILES string of the molecule is CN[Si](C)(C)O[Si](C)(C)O[SiH](C)C. The summed E-state index contributed by atoms with van der Waals surface area (Å²) < 4.78 is 12.0. The monoisotopic (exact) mass is 237 g/mol. The Balaban J connectivity index is 4.16. The van der Waals surface area contributed by atoms with Crippen molar-refractivity contribution >= 4 is 26.1 Å². The predicted molar refractivity (Wildman–Crippen MR) is 65.1 cm³/mol. The van der Waals surface area contributed by atoms with Gasteiger partial charge in [-0.05, 0) is 46.3 Å². The van der Waals surface area contributed by atoms with Gasteiger partial charge >= 0.3 is 8.56 Å². The summed E-state index contributed by atoms with van der Waals surface area (Å²) in [6, 6.07) is 0. The molecule has 0 radical (unpaired) electrons. The highest BCUT2D eigenvalue weighted by Gasteiger charge is 2.34. The Kier molecular flexibility index (Phi) is 5.05. The molecule has 1 N–H and O–H groups in total. The van der Waals surface area contributed by atoms with Gasteiger partial charge in [0, 0.05) is 0 Å².